The first-order valence-electron chi connectivity index (χ1n) is 12.4. The van der Waals surface area contributed by atoms with Gasteiger partial charge in [0.2, 0.25) is 0 Å². The molecule has 1 saturated carbocycles. The molecule has 180 valence electrons. The SMILES string of the molecule is Cc1cc2c(cc1C(C)(C)C)-c1cc(C(C)(C)C)c(C)[c]([Zr+2](=[C]3CC3)[CH]3C=CC=C3)c1C2.[Cl-].[Cl-]. The Balaban J connectivity index is 0.00000162. The molecule has 34 heavy (non-hydrogen) atoms. The van der Waals surface area contributed by atoms with E-state index in [4.69, 9.17) is 0 Å². The maximum atomic E-state index is 2.58. The molecular weight excluding hydrogens is 534 g/mol. The first kappa shape index (κ1) is 27.8. The van der Waals surface area contributed by atoms with Gasteiger partial charge in [0.15, 0.2) is 0 Å². The number of fused-ring (bicyclic) bond motifs is 3. The molecule has 1 fully saturated rings. The zero-order valence-corrected chi connectivity index (χ0v) is 26.0. The average molecular weight is 573 g/mol. The summed E-state index contributed by atoms with van der Waals surface area (Å²) in [5.74, 6) is 0. The van der Waals surface area contributed by atoms with E-state index in [1.54, 1.807) is 27.8 Å². The molecule has 0 N–H and O–H groups in total. The third kappa shape index (κ3) is 4.79. The van der Waals surface area contributed by atoms with Crippen LogP contribution in [0.1, 0.15) is 87.8 Å². The van der Waals surface area contributed by atoms with Crippen molar-refractivity contribution in [2.75, 3.05) is 0 Å². The van der Waals surface area contributed by atoms with Crippen molar-refractivity contribution in [1.82, 2.24) is 0 Å². The molecule has 0 amide bonds. The van der Waals surface area contributed by atoms with Crippen LogP contribution in [0.4, 0.5) is 0 Å². The van der Waals surface area contributed by atoms with E-state index in [-0.39, 0.29) is 35.6 Å². The molecule has 2 aromatic rings. The third-order valence-corrected chi connectivity index (χ3v) is 16.3. The van der Waals surface area contributed by atoms with Crippen LogP contribution in [-0.4, -0.2) is 3.21 Å². The normalized spacial score (nSPS) is 15.9. The van der Waals surface area contributed by atoms with E-state index in [1.807, 2.05) is 6.48 Å². The van der Waals surface area contributed by atoms with Crippen LogP contribution in [0.3, 0.4) is 0 Å². The first-order valence-corrected chi connectivity index (χ1v) is 16.2. The number of aryl methyl sites for hydroxylation is 1. The van der Waals surface area contributed by atoms with Gasteiger partial charge >= 0.3 is 204 Å². The summed E-state index contributed by atoms with van der Waals surface area (Å²) < 4.78 is 4.51. The molecule has 3 heteroatoms. The molecule has 5 rings (SSSR count). The molecule has 3 aliphatic rings. The second-order valence-corrected chi connectivity index (χ2v) is 18.9. The average Bonchev–Trinajstić information content (AvgIpc) is 3.23. The number of benzene rings is 2. The number of rotatable bonds is 2. The van der Waals surface area contributed by atoms with Crippen molar-refractivity contribution in [2.24, 2.45) is 0 Å². The molecular formula is C31H38Cl2Zr. The van der Waals surface area contributed by atoms with Crippen LogP contribution >= 0.6 is 0 Å². The van der Waals surface area contributed by atoms with Gasteiger partial charge in [-0.1, -0.05) is 0 Å². The summed E-state index contributed by atoms with van der Waals surface area (Å²) in [5.41, 5.74) is 12.8. The zero-order valence-electron chi connectivity index (χ0n) is 22.0. The minimum absolute atomic E-state index is 0. The predicted molar refractivity (Wildman–Crippen MR) is 137 cm³/mol. The van der Waals surface area contributed by atoms with Gasteiger partial charge in [-0.05, 0) is 0 Å². The summed E-state index contributed by atoms with van der Waals surface area (Å²) in [6.07, 6.45) is 13.5. The molecule has 0 heterocycles. The Morgan fingerprint density at radius 3 is 1.85 bits per heavy atom. The molecule has 2 aromatic carbocycles. The van der Waals surface area contributed by atoms with E-state index >= 15 is 0 Å². The Labute approximate surface area is 227 Å². The summed E-state index contributed by atoms with van der Waals surface area (Å²) in [6.45, 7) is 19.0. The van der Waals surface area contributed by atoms with E-state index in [1.165, 1.54) is 29.5 Å². The molecule has 0 radical (unpaired) electrons. The van der Waals surface area contributed by atoms with Crippen LogP contribution in [-0.2, 0) is 38.5 Å². The van der Waals surface area contributed by atoms with E-state index in [0.717, 1.165) is 6.42 Å². The fourth-order valence-corrected chi connectivity index (χ4v) is 14.7. The van der Waals surface area contributed by atoms with Crippen LogP contribution in [0.15, 0.2) is 42.5 Å². The summed E-state index contributed by atoms with van der Waals surface area (Å²) in [5, 5.41) is 0. The Hall–Kier alpha value is -0.747. The van der Waals surface area contributed by atoms with Crippen molar-refractivity contribution in [2.45, 2.75) is 89.1 Å². The van der Waals surface area contributed by atoms with Crippen LogP contribution in [0, 0.1) is 13.8 Å². The number of hydrogen-bond acceptors (Lipinski definition) is 0. The van der Waals surface area contributed by atoms with Gasteiger partial charge in [-0.25, -0.2) is 0 Å². The molecule has 0 atom stereocenters. The van der Waals surface area contributed by atoms with Gasteiger partial charge in [-0.3, -0.25) is 0 Å². The van der Waals surface area contributed by atoms with Crippen molar-refractivity contribution in [3.05, 3.63) is 75.9 Å². The summed E-state index contributed by atoms with van der Waals surface area (Å²) in [7, 11) is 0. The smallest absolute Gasteiger partial charge is 1.00 e. The molecule has 0 bridgehead atoms. The molecule has 0 nitrogen and oxygen atoms in total. The Morgan fingerprint density at radius 1 is 0.765 bits per heavy atom. The van der Waals surface area contributed by atoms with E-state index in [9.17, 15) is 0 Å². The number of allylic oxidation sites excluding steroid dienone is 4. The fourth-order valence-electron chi connectivity index (χ4n) is 6.10. The predicted octanol–water partition coefficient (Wildman–Crippen LogP) is 1.60. The number of hydrogen-bond donors (Lipinski definition) is 0. The van der Waals surface area contributed by atoms with Crippen LogP contribution in [0.5, 0.6) is 0 Å². The summed E-state index contributed by atoms with van der Waals surface area (Å²) in [6, 6.07) is 7.64. The monoisotopic (exact) mass is 570 g/mol. The number of halogens is 2. The van der Waals surface area contributed by atoms with Gasteiger partial charge in [0.05, 0.1) is 0 Å². The molecule has 0 unspecified atom stereocenters. The van der Waals surface area contributed by atoms with Crippen LogP contribution in [0.2, 0.25) is 3.63 Å². The maximum absolute atomic E-state index is 2.58. The largest absolute Gasteiger partial charge is 1.00 e. The van der Waals surface area contributed by atoms with Crippen LogP contribution < -0.4 is 28.1 Å². The maximum Gasteiger partial charge on any atom is -1.00 e. The second kappa shape index (κ2) is 9.61. The fraction of sp³-hybridized carbons (Fsp3) is 0.452. The zero-order chi connectivity index (χ0) is 23.0. The summed E-state index contributed by atoms with van der Waals surface area (Å²) >= 11 is -1.98. The molecule has 0 aliphatic heterocycles. The van der Waals surface area contributed by atoms with Gasteiger partial charge in [0.1, 0.15) is 0 Å². The van der Waals surface area contributed by atoms with E-state index in [0.29, 0.717) is 3.63 Å². The van der Waals surface area contributed by atoms with Crippen molar-refractivity contribution >= 4 is 6.48 Å². The van der Waals surface area contributed by atoms with Gasteiger partial charge in [-0.15, -0.1) is 0 Å². The third-order valence-electron chi connectivity index (χ3n) is 7.65. The Bertz CT molecular complexity index is 1210. The minimum atomic E-state index is -1.98. The quantitative estimate of drug-likeness (QED) is 0.438. The second-order valence-electron chi connectivity index (χ2n) is 12.3. The van der Waals surface area contributed by atoms with Gasteiger partial charge in [0, 0.05) is 0 Å². The summed E-state index contributed by atoms with van der Waals surface area (Å²) in [4.78, 5) is 0. The van der Waals surface area contributed by atoms with Gasteiger partial charge in [-0.2, -0.15) is 0 Å². The van der Waals surface area contributed by atoms with E-state index in [2.05, 4.69) is 97.9 Å². The molecule has 0 saturated heterocycles. The van der Waals surface area contributed by atoms with Gasteiger partial charge < -0.3 is 24.8 Å². The van der Waals surface area contributed by atoms with E-state index < -0.39 is 21.3 Å². The van der Waals surface area contributed by atoms with Crippen molar-refractivity contribution in [3.8, 4) is 11.1 Å². The Morgan fingerprint density at radius 2 is 1.32 bits per heavy atom. The van der Waals surface area contributed by atoms with Crippen molar-refractivity contribution in [1.29, 1.82) is 0 Å². The van der Waals surface area contributed by atoms with Crippen molar-refractivity contribution < 1.29 is 46.1 Å². The first-order chi connectivity index (χ1) is 15.0. The topological polar surface area (TPSA) is 0 Å². The molecule has 0 aromatic heterocycles. The van der Waals surface area contributed by atoms with Crippen LogP contribution in [0.25, 0.3) is 11.1 Å². The molecule has 0 spiro atoms. The standard InChI is InChI=1S/C23H29.C5H5.C3H4.2ClH.Zr/c1-14-9-16-11-17-10-15(2)21(23(6,7)8)13-19(17)18(16)12-20(14)22(3,4)5;1-2-4-5-3-1;1-2-3-1;;;/h9,12-13H,11H2,1-8H3;1-5H;1-2H2;2*1H;/q;;;;;+2/p-2. The molecule has 3 aliphatic carbocycles. The van der Waals surface area contributed by atoms with Gasteiger partial charge in [0.25, 0.3) is 0 Å². The van der Waals surface area contributed by atoms with Crippen molar-refractivity contribution in [3.63, 3.8) is 0 Å². The Kier molecular flexibility index (Phi) is 7.87. The minimum Gasteiger partial charge on any atom is -1.00 e.